The second kappa shape index (κ2) is 7.05. The van der Waals surface area contributed by atoms with Crippen LogP contribution in [0.3, 0.4) is 0 Å². The van der Waals surface area contributed by atoms with E-state index in [-0.39, 0.29) is 6.10 Å². The van der Waals surface area contributed by atoms with Gasteiger partial charge in [0.25, 0.3) is 0 Å². The van der Waals surface area contributed by atoms with Gasteiger partial charge in [0.1, 0.15) is 0 Å². The van der Waals surface area contributed by atoms with Crippen molar-refractivity contribution in [3.8, 4) is 0 Å². The minimum atomic E-state index is -1.41. The fourth-order valence-electron chi connectivity index (χ4n) is 2.47. The Morgan fingerprint density at radius 1 is 1.16 bits per heavy atom. The van der Waals surface area contributed by atoms with E-state index >= 15 is 0 Å². The lowest BCUT2D eigenvalue weighted by Crippen LogP contribution is -2.29. The highest BCUT2D eigenvalue weighted by molar-refractivity contribution is 6.58. The van der Waals surface area contributed by atoms with Gasteiger partial charge in [-0.15, -0.1) is 0 Å². The van der Waals surface area contributed by atoms with E-state index in [1.807, 2.05) is 12.1 Å². The van der Waals surface area contributed by atoms with E-state index in [1.54, 1.807) is 19.2 Å². The number of hydrogen-bond donors (Lipinski definition) is 2. The van der Waals surface area contributed by atoms with E-state index < -0.39 is 7.12 Å². The van der Waals surface area contributed by atoms with Gasteiger partial charge in [-0.25, -0.2) is 0 Å². The summed E-state index contributed by atoms with van der Waals surface area (Å²) in [6, 6.07) is 7.15. The molecule has 1 aliphatic carbocycles. The van der Waals surface area contributed by atoms with Crippen molar-refractivity contribution in [1.82, 2.24) is 0 Å². The van der Waals surface area contributed by atoms with Gasteiger partial charge in [-0.3, -0.25) is 0 Å². The van der Waals surface area contributed by atoms with E-state index in [1.165, 1.54) is 0 Å². The quantitative estimate of drug-likeness (QED) is 0.774. The van der Waals surface area contributed by atoms with E-state index in [0.29, 0.717) is 18.2 Å². The molecule has 1 aromatic carbocycles. The van der Waals surface area contributed by atoms with Crippen LogP contribution < -0.4 is 5.46 Å². The Morgan fingerprint density at radius 3 is 2.47 bits per heavy atom. The number of methoxy groups -OCH3 is 1. The van der Waals surface area contributed by atoms with Crippen molar-refractivity contribution in [2.24, 2.45) is 0 Å². The molecule has 2 unspecified atom stereocenters. The van der Waals surface area contributed by atoms with Crippen molar-refractivity contribution in [2.75, 3.05) is 7.11 Å². The maximum absolute atomic E-state index is 9.02. The zero-order chi connectivity index (χ0) is 13.7. The third kappa shape index (κ3) is 4.32. The highest BCUT2D eigenvalue weighted by atomic mass is 16.5. The van der Waals surface area contributed by atoms with Crippen molar-refractivity contribution in [2.45, 2.75) is 44.5 Å². The average Bonchev–Trinajstić information content (AvgIpc) is 2.46. The fourth-order valence-corrected chi connectivity index (χ4v) is 2.47. The molecular weight excluding hydrogens is 243 g/mol. The number of benzene rings is 1. The molecule has 19 heavy (non-hydrogen) atoms. The number of rotatable bonds is 5. The van der Waals surface area contributed by atoms with E-state index in [9.17, 15) is 0 Å². The first-order valence-electron chi connectivity index (χ1n) is 6.78. The van der Waals surface area contributed by atoms with Gasteiger partial charge in [0.15, 0.2) is 0 Å². The van der Waals surface area contributed by atoms with Crippen LogP contribution in [-0.4, -0.2) is 36.5 Å². The van der Waals surface area contributed by atoms with Gasteiger partial charge in [0, 0.05) is 7.11 Å². The molecule has 4 nitrogen and oxygen atoms in total. The lowest BCUT2D eigenvalue weighted by atomic mass is 9.80. The molecule has 1 aromatic rings. The van der Waals surface area contributed by atoms with Gasteiger partial charge in [0.2, 0.25) is 0 Å². The minimum absolute atomic E-state index is 0.266. The zero-order valence-electron chi connectivity index (χ0n) is 11.3. The number of ether oxygens (including phenoxy) is 2. The third-order valence-corrected chi connectivity index (χ3v) is 3.67. The van der Waals surface area contributed by atoms with E-state index in [2.05, 4.69) is 0 Å². The average molecular weight is 264 g/mol. The Bertz CT molecular complexity index is 380. The summed E-state index contributed by atoms with van der Waals surface area (Å²) in [7, 11) is 0.349. The first-order chi connectivity index (χ1) is 9.19. The van der Waals surface area contributed by atoms with Crippen molar-refractivity contribution < 1.29 is 19.5 Å². The summed E-state index contributed by atoms with van der Waals surface area (Å²) in [5, 5.41) is 18.0. The van der Waals surface area contributed by atoms with Crippen LogP contribution in [0.2, 0.25) is 0 Å². The molecule has 104 valence electrons. The third-order valence-electron chi connectivity index (χ3n) is 3.67. The highest BCUT2D eigenvalue weighted by Gasteiger charge is 2.22. The van der Waals surface area contributed by atoms with Crippen LogP contribution in [0.1, 0.15) is 31.2 Å². The summed E-state index contributed by atoms with van der Waals surface area (Å²) in [5.74, 6) is 0. The van der Waals surface area contributed by atoms with Crippen LogP contribution in [0.25, 0.3) is 0 Å². The van der Waals surface area contributed by atoms with Crippen molar-refractivity contribution >= 4 is 12.6 Å². The summed E-state index contributed by atoms with van der Waals surface area (Å²) in [6.45, 7) is 0.558. The van der Waals surface area contributed by atoms with Crippen molar-refractivity contribution in [3.05, 3.63) is 29.8 Å². The molecule has 0 amide bonds. The molecule has 0 saturated heterocycles. The van der Waals surface area contributed by atoms with Crippen LogP contribution in [0, 0.1) is 0 Å². The van der Waals surface area contributed by atoms with Crippen LogP contribution in [-0.2, 0) is 16.1 Å². The molecule has 0 heterocycles. The molecule has 2 N–H and O–H groups in total. The summed E-state index contributed by atoms with van der Waals surface area (Å²) in [6.07, 6.45) is 4.92. The molecule has 0 aromatic heterocycles. The summed E-state index contributed by atoms with van der Waals surface area (Å²) in [4.78, 5) is 0. The molecule has 0 spiro atoms. The standard InChI is InChI=1S/C14H21BO4/c1-18-13-3-2-4-14(9-13)19-10-11-5-7-12(8-6-11)15(16)17/h5-8,13-14,16-17H,2-4,9-10H2,1H3. The van der Waals surface area contributed by atoms with Gasteiger partial charge < -0.3 is 19.5 Å². The molecular formula is C14H21BO4. The number of hydrogen-bond acceptors (Lipinski definition) is 4. The van der Waals surface area contributed by atoms with E-state index in [0.717, 1.165) is 31.2 Å². The van der Waals surface area contributed by atoms with Crippen LogP contribution >= 0.6 is 0 Å². The minimum Gasteiger partial charge on any atom is -0.423 e. The van der Waals surface area contributed by atoms with Crippen LogP contribution in [0.5, 0.6) is 0 Å². The lowest BCUT2D eigenvalue weighted by Gasteiger charge is -2.28. The van der Waals surface area contributed by atoms with Gasteiger partial charge in [-0.2, -0.15) is 0 Å². The predicted octanol–water partition coefficient (Wildman–Crippen LogP) is 0.841. The van der Waals surface area contributed by atoms with Crippen molar-refractivity contribution in [3.63, 3.8) is 0 Å². The summed E-state index contributed by atoms with van der Waals surface area (Å²) >= 11 is 0. The Balaban J connectivity index is 1.81. The maximum atomic E-state index is 9.02. The molecule has 1 aliphatic rings. The first kappa shape index (κ1) is 14.5. The second-order valence-electron chi connectivity index (χ2n) is 5.07. The lowest BCUT2D eigenvalue weighted by molar-refractivity contribution is -0.0363. The first-order valence-corrected chi connectivity index (χ1v) is 6.78. The Labute approximate surface area is 114 Å². The van der Waals surface area contributed by atoms with Gasteiger partial charge in [0.05, 0.1) is 18.8 Å². The molecule has 0 radical (unpaired) electrons. The molecule has 2 rings (SSSR count). The smallest absolute Gasteiger partial charge is 0.423 e. The predicted molar refractivity (Wildman–Crippen MR) is 74.1 cm³/mol. The summed E-state index contributed by atoms with van der Waals surface area (Å²) < 4.78 is 11.3. The monoisotopic (exact) mass is 264 g/mol. The molecule has 0 bridgehead atoms. The Morgan fingerprint density at radius 2 is 1.84 bits per heavy atom. The largest absolute Gasteiger partial charge is 0.488 e. The topological polar surface area (TPSA) is 58.9 Å². The molecule has 1 fully saturated rings. The fraction of sp³-hybridized carbons (Fsp3) is 0.571. The maximum Gasteiger partial charge on any atom is 0.488 e. The Hall–Kier alpha value is -0.875. The van der Waals surface area contributed by atoms with Crippen LogP contribution in [0.4, 0.5) is 0 Å². The molecule has 0 aliphatic heterocycles. The second-order valence-corrected chi connectivity index (χ2v) is 5.07. The van der Waals surface area contributed by atoms with Crippen molar-refractivity contribution in [1.29, 1.82) is 0 Å². The SMILES string of the molecule is COC1CCCC(OCc2ccc(B(O)O)cc2)C1. The van der Waals surface area contributed by atoms with E-state index in [4.69, 9.17) is 19.5 Å². The highest BCUT2D eigenvalue weighted by Crippen LogP contribution is 2.23. The molecule has 2 atom stereocenters. The van der Waals surface area contributed by atoms with Crippen LogP contribution in [0.15, 0.2) is 24.3 Å². The normalized spacial score (nSPS) is 23.3. The Kier molecular flexibility index (Phi) is 5.40. The molecule has 5 heteroatoms. The van der Waals surface area contributed by atoms with Gasteiger partial charge in [-0.1, -0.05) is 24.3 Å². The molecule has 1 saturated carbocycles. The van der Waals surface area contributed by atoms with Gasteiger partial charge >= 0.3 is 7.12 Å². The zero-order valence-corrected chi connectivity index (χ0v) is 11.3. The summed E-state index contributed by atoms with van der Waals surface area (Å²) in [5.41, 5.74) is 1.55. The van der Waals surface area contributed by atoms with Gasteiger partial charge in [-0.05, 0) is 36.7 Å².